The highest BCUT2D eigenvalue weighted by Crippen LogP contribution is 2.46. The lowest BCUT2D eigenvalue weighted by Crippen LogP contribution is -2.09. The maximum atomic E-state index is 14.7. The number of halogens is 8. The zero-order valence-electron chi connectivity index (χ0n) is 73.9. The van der Waals surface area contributed by atoms with Gasteiger partial charge >= 0.3 is 0 Å². The quantitative estimate of drug-likeness (QED) is 0.125. The number of aliphatic imine (C=N–C) groups is 5. The molecule has 138 heavy (non-hydrogen) atoms. The highest BCUT2D eigenvalue weighted by atomic mass is 79.9. The number of furan rings is 5. The fourth-order valence-corrected chi connectivity index (χ4v) is 20.6. The number of hydrogen-bond acceptors (Lipinski definition) is 16. The van der Waals surface area contributed by atoms with Gasteiger partial charge in [0.2, 0.25) is 0 Å². The van der Waals surface area contributed by atoms with Crippen LogP contribution >= 0.6 is 107 Å². The van der Waals surface area contributed by atoms with Crippen molar-refractivity contribution < 1.29 is 26.5 Å². The van der Waals surface area contributed by atoms with E-state index in [0.717, 1.165) is 208 Å². The molecule has 0 fully saturated rings. The minimum Gasteiger partial charge on any atom is -0.463 e. The standard InChI is InChI=1S/C22H15Br2N3O.C22H15BrClN3O.C22H15BrFN3O.C22H16BrN3O.C21H15BrN4O/c3*1-13-22-21(19-7-4-10-28-19)25-12-27(22)18-9-8-14(23)11-16(18)20(26-13)15-5-2-3-6-17(15)24;1-14-22-21(19-8-5-11-27-19)24-13-26(22)18-10-9-16(23)12-17(18)20(25-14)15-6-3-2-4-7-15;1-13-21-20(18-6-4-10-27-18)24-12-26(21)17-8-7-14(22)11-15(17)19(25-13)16-5-2-3-9-23-16/h3*2-13H,1H3;2-14H,1H3;2-13H,1H3/t3*13-;14-;13-/m11111/s1. The van der Waals surface area contributed by atoms with E-state index in [1.807, 2.05) is 225 Å². The maximum absolute atomic E-state index is 14.7. The molecule has 20 aromatic rings. The van der Waals surface area contributed by atoms with Crippen LogP contribution in [0.2, 0.25) is 5.02 Å². The van der Waals surface area contributed by atoms with Gasteiger partial charge in [0, 0.05) is 88.1 Å². The molecule has 29 heteroatoms. The smallest absolute Gasteiger partial charge is 0.154 e. The van der Waals surface area contributed by atoms with Gasteiger partial charge in [-0.2, -0.15) is 0 Å². The minimum atomic E-state index is -0.296. The number of hydrogen-bond donors (Lipinski definition) is 0. The lowest BCUT2D eigenvalue weighted by atomic mass is 10.00. The Kier molecular flexibility index (Phi) is 25.5. The zero-order valence-corrected chi connectivity index (χ0v) is 84.2. The van der Waals surface area contributed by atoms with Crippen LogP contribution in [0.25, 0.3) is 85.7 Å². The molecule has 9 aromatic carbocycles. The monoisotopic (exact) mass is 2220 g/mol. The van der Waals surface area contributed by atoms with Gasteiger partial charge < -0.3 is 22.1 Å². The number of imidazole rings is 5. The molecule has 0 radical (unpaired) electrons. The topological polar surface area (TPSA) is 229 Å². The molecule has 11 aromatic heterocycles. The van der Waals surface area contributed by atoms with E-state index >= 15 is 0 Å². The molecule has 0 unspecified atom stereocenters. The van der Waals surface area contributed by atoms with E-state index in [-0.39, 0.29) is 36.0 Å². The van der Waals surface area contributed by atoms with E-state index in [0.29, 0.717) is 22.1 Å². The van der Waals surface area contributed by atoms with Crippen molar-refractivity contribution in [2.45, 2.75) is 64.8 Å². The Hall–Kier alpha value is -14.0. The molecule has 0 saturated carbocycles. The molecule has 0 N–H and O–H groups in total. The molecule has 25 rings (SSSR count). The first-order valence-electron chi connectivity index (χ1n) is 44.0. The number of benzene rings is 9. The Morgan fingerprint density at radius 1 is 0.268 bits per heavy atom. The molecule has 16 heterocycles. The van der Waals surface area contributed by atoms with Crippen molar-refractivity contribution >= 4 is 136 Å². The second kappa shape index (κ2) is 38.9. The van der Waals surface area contributed by atoms with Gasteiger partial charge in [-0.15, -0.1) is 0 Å². The second-order valence-corrected chi connectivity index (χ2v) is 38.6. The van der Waals surface area contributed by atoms with Crippen LogP contribution in [-0.4, -0.2) is 81.3 Å². The fraction of sp³-hybridized carbons (Fsp3) is 0.0917. The summed E-state index contributed by atoms with van der Waals surface area (Å²) < 4.78 is 59.1. The van der Waals surface area contributed by atoms with Crippen molar-refractivity contribution in [3.8, 4) is 85.7 Å². The van der Waals surface area contributed by atoms with Gasteiger partial charge in [0.25, 0.3) is 0 Å². The van der Waals surface area contributed by atoms with Gasteiger partial charge in [0.05, 0.1) is 153 Å². The number of aromatic nitrogens is 11. The Morgan fingerprint density at radius 3 is 0.891 bits per heavy atom. The third-order valence-electron chi connectivity index (χ3n) is 24.1. The molecule has 678 valence electrons. The molecule has 5 aliphatic rings. The Labute approximate surface area is 847 Å². The molecule has 0 amide bonds. The van der Waals surface area contributed by atoms with E-state index < -0.39 is 0 Å². The van der Waals surface area contributed by atoms with Crippen LogP contribution in [-0.2, 0) is 0 Å². The summed E-state index contributed by atoms with van der Waals surface area (Å²) in [6.07, 6.45) is 19.3. The number of fused-ring (bicyclic) bond motifs is 15. The molecular weight excluding hydrogens is 2150 g/mol. The van der Waals surface area contributed by atoms with Crippen LogP contribution in [0.5, 0.6) is 0 Å². The summed E-state index contributed by atoms with van der Waals surface area (Å²) in [5.74, 6) is 3.37. The summed E-state index contributed by atoms with van der Waals surface area (Å²) in [6.45, 7) is 10.3. The maximum Gasteiger partial charge on any atom is 0.154 e. The highest BCUT2D eigenvalue weighted by Gasteiger charge is 2.36. The predicted molar refractivity (Wildman–Crippen MR) is 558 cm³/mol. The predicted octanol–water partition coefficient (Wildman–Crippen LogP) is 30.0. The van der Waals surface area contributed by atoms with Crippen LogP contribution < -0.4 is 0 Å². The average Bonchev–Trinajstić information content (AvgIpc) is 1.62. The van der Waals surface area contributed by atoms with Gasteiger partial charge in [-0.3, -0.25) is 52.8 Å². The van der Waals surface area contributed by atoms with E-state index in [1.165, 1.54) is 6.07 Å². The Bertz CT molecular complexity index is 7480. The van der Waals surface area contributed by atoms with E-state index in [4.69, 9.17) is 58.6 Å². The lowest BCUT2D eigenvalue weighted by Gasteiger charge is -2.13. The van der Waals surface area contributed by atoms with Crippen molar-refractivity contribution in [2.24, 2.45) is 25.0 Å². The van der Waals surface area contributed by atoms with Crippen LogP contribution in [0, 0.1) is 5.82 Å². The first-order valence-corrected chi connectivity index (χ1v) is 49.2. The molecule has 5 atom stereocenters. The van der Waals surface area contributed by atoms with Crippen molar-refractivity contribution in [3.05, 3.63) is 464 Å². The van der Waals surface area contributed by atoms with Crippen molar-refractivity contribution in [2.75, 3.05) is 0 Å². The summed E-state index contributed by atoms with van der Waals surface area (Å²) in [6, 6.07) is 87.9. The lowest BCUT2D eigenvalue weighted by molar-refractivity contribution is 0.578. The van der Waals surface area contributed by atoms with Gasteiger partial charge in [-0.05, 0) is 223 Å². The average molecular weight is 2220 g/mol. The van der Waals surface area contributed by atoms with Crippen LogP contribution in [0.15, 0.2) is 416 Å². The number of rotatable bonds is 10. The molecule has 5 aliphatic heterocycles. The zero-order chi connectivity index (χ0) is 94.5. The molecule has 0 spiro atoms. The molecule has 21 nitrogen and oxygen atoms in total. The fourth-order valence-electron chi connectivity index (χ4n) is 18.1. The number of nitrogens with zero attached hydrogens (tertiary/aromatic N) is 16. The summed E-state index contributed by atoms with van der Waals surface area (Å²) >= 11 is 28.2. The molecular formula is C109H76Br6ClFN16O5. The van der Waals surface area contributed by atoms with E-state index in [2.05, 4.69) is 238 Å². The summed E-state index contributed by atoms with van der Waals surface area (Å²) in [7, 11) is 0. The van der Waals surface area contributed by atoms with Crippen LogP contribution in [0.1, 0.15) is 149 Å². The SMILES string of the molecule is C[C@H]1N=C(c2ccccc2)c2cc(Br)ccc2-n2cnc(-c3ccco3)c21.C[C@H]1N=C(c2ccccc2Br)c2cc(Br)ccc2-n2cnc(-c3ccco3)c21.C[C@H]1N=C(c2ccccc2Cl)c2cc(Br)ccc2-n2cnc(-c3ccco3)c21.C[C@H]1N=C(c2ccccc2F)c2cc(Br)ccc2-n2cnc(-c3ccco3)c21.C[C@H]1N=C(c2ccccn2)c2cc(Br)ccc2-n2cnc(-c3ccco3)c21. The van der Waals surface area contributed by atoms with Crippen molar-refractivity contribution in [1.82, 2.24) is 52.7 Å². The summed E-state index contributed by atoms with van der Waals surface area (Å²) in [5, 5.41) is 0.676. The van der Waals surface area contributed by atoms with Gasteiger partial charge in [0.1, 0.15) is 65.9 Å². The third kappa shape index (κ3) is 17.5. The second-order valence-electron chi connectivity index (χ2n) is 32.7. The normalized spacial score (nSPS) is 15.6. The van der Waals surface area contributed by atoms with Gasteiger partial charge in [-0.25, -0.2) is 29.3 Å². The van der Waals surface area contributed by atoms with Crippen LogP contribution in [0.3, 0.4) is 0 Å². The van der Waals surface area contributed by atoms with Crippen molar-refractivity contribution in [1.29, 1.82) is 0 Å². The third-order valence-corrected chi connectivity index (χ3v) is 27.6. The largest absolute Gasteiger partial charge is 0.463 e. The first kappa shape index (κ1) is 90.5. The number of pyridine rings is 1. The summed E-state index contributed by atoms with van der Waals surface area (Å²) in [5.41, 5.74) is 27.6. The van der Waals surface area contributed by atoms with Gasteiger partial charge in [0.15, 0.2) is 28.8 Å². The van der Waals surface area contributed by atoms with E-state index in [1.54, 1.807) is 56.0 Å². The highest BCUT2D eigenvalue weighted by molar-refractivity contribution is 9.11. The van der Waals surface area contributed by atoms with Gasteiger partial charge in [-0.1, -0.05) is 192 Å². The van der Waals surface area contributed by atoms with E-state index in [9.17, 15) is 4.39 Å². The Balaban J connectivity index is 0.000000103. The first-order chi connectivity index (χ1) is 67.3. The van der Waals surface area contributed by atoms with Crippen LogP contribution in [0.4, 0.5) is 4.39 Å². The minimum absolute atomic E-state index is 0.0750. The summed E-state index contributed by atoms with van der Waals surface area (Å²) in [4.78, 5) is 53.0. The molecule has 0 saturated heterocycles. The van der Waals surface area contributed by atoms with Crippen molar-refractivity contribution in [3.63, 3.8) is 0 Å². The molecule has 0 bridgehead atoms. The molecule has 0 aliphatic carbocycles. The Morgan fingerprint density at radius 2 is 0.558 bits per heavy atom.